The average molecular weight is 302 g/mol. The Labute approximate surface area is 121 Å². The molecule has 0 saturated carbocycles. The van der Waals surface area contributed by atoms with Gasteiger partial charge in [0.25, 0.3) is 0 Å². The summed E-state index contributed by atoms with van der Waals surface area (Å²) in [7, 11) is 0. The second-order valence-electron chi connectivity index (χ2n) is 4.43. The Kier molecular flexibility index (Phi) is 5.63. The third kappa shape index (κ3) is 4.61. The van der Waals surface area contributed by atoms with E-state index >= 15 is 0 Å². The molecule has 0 atom stereocenters. The number of hydrogen-bond donors (Lipinski definition) is 2. The standard InChI is InChI=1S/C11H16ClN5O3/c1-6(2)14-8(18)4-5-13-10-9(17(19)20)7(3)15-11(12)16-10/h6H,4-5H2,1-3H3,(H,14,18)(H,13,15,16). The van der Waals surface area contributed by atoms with Crippen LogP contribution in [0.1, 0.15) is 26.0 Å². The number of carbonyl (C=O) groups excluding carboxylic acids is 1. The molecule has 1 rings (SSSR count). The minimum absolute atomic E-state index is 0.0184. The molecule has 0 aliphatic heterocycles. The summed E-state index contributed by atoms with van der Waals surface area (Å²) >= 11 is 5.67. The predicted octanol–water partition coefficient (Wildman–Crippen LogP) is 1.67. The van der Waals surface area contributed by atoms with Crippen molar-refractivity contribution in [2.45, 2.75) is 33.2 Å². The molecule has 2 N–H and O–H groups in total. The largest absolute Gasteiger partial charge is 0.364 e. The van der Waals surface area contributed by atoms with Crippen LogP contribution >= 0.6 is 11.6 Å². The predicted molar refractivity (Wildman–Crippen MR) is 74.8 cm³/mol. The number of nitrogens with one attached hydrogen (secondary N) is 2. The SMILES string of the molecule is Cc1nc(Cl)nc(NCCC(=O)NC(C)C)c1[N+](=O)[O-]. The van der Waals surface area contributed by atoms with E-state index in [1.807, 2.05) is 13.8 Å². The Morgan fingerprint density at radius 3 is 2.65 bits per heavy atom. The van der Waals surface area contributed by atoms with Crippen LogP contribution in [0.25, 0.3) is 0 Å². The van der Waals surface area contributed by atoms with Crippen LogP contribution in [0.15, 0.2) is 0 Å². The highest BCUT2D eigenvalue weighted by Gasteiger charge is 2.21. The number of carbonyl (C=O) groups is 1. The normalized spacial score (nSPS) is 10.4. The quantitative estimate of drug-likeness (QED) is 0.470. The average Bonchev–Trinajstić information content (AvgIpc) is 2.25. The van der Waals surface area contributed by atoms with Crippen LogP contribution in [0.3, 0.4) is 0 Å². The third-order valence-electron chi connectivity index (χ3n) is 2.31. The van der Waals surface area contributed by atoms with E-state index in [2.05, 4.69) is 20.6 Å². The molecule has 8 nitrogen and oxygen atoms in total. The Bertz CT molecular complexity index is 521. The maximum atomic E-state index is 11.5. The topological polar surface area (TPSA) is 110 Å². The van der Waals surface area contributed by atoms with Gasteiger partial charge in [0.1, 0.15) is 5.69 Å². The van der Waals surface area contributed by atoms with Crippen molar-refractivity contribution in [3.8, 4) is 0 Å². The molecular formula is C11H16ClN5O3. The molecule has 0 spiro atoms. The Balaban J connectivity index is 2.73. The number of nitrogens with zero attached hydrogens (tertiary/aromatic N) is 3. The van der Waals surface area contributed by atoms with E-state index < -0.39 is 4.92 Å². The number of rotatable bonds is 6. The van der Waals surface area contributed by atoms with E-state index in [4.69, 9.17) is 11.6 Å². The zero-order valence-corrected chi connectivity index (χ0v) is 12.2. The fraction of sp³-hybridized carbons (Fsp3) is 0.545. The number of amides is 1. The van der Waals surface area contributed by atoms with Crippen LogP contribution in [0.5, 0.6) is 0 Å². The molecule has 1 amide bonds. The monoisotopic (exact) mass is 301 g/mol. The summed E-state index contributed by atoms with van der Waals surface area (Å²) < 4.78 is 0. The molecule has 9 heteroatoms. The first kappa shape index (κ1) is 16.1. The van der Waals surface area contributed by atoms with Gasteiger partial charge in [0.15, 0.2) is 0 Å². The summed E-state index contributed by atoms with van der Waals surface area (Å²) in [5.41, 5.74) is -0.0669. The van der Waals surface area contributed by atoms with Gasteiger partial charge in [-0.2, -0.15) is 4.98 Å². The van der Waals surface area contributed by atoms with Crippen LogP contribution in [0.2, 0.25) is 5.28 Å². The van der Waals surface area contributed by atoms with Gasteiger partial charge < -0.3 is 10.6 Å². The van der Waals surface area contributed by atoms with Crippen LogP contribution in [-0.4, -0.2) is 33.4 Å². The molecule has 0 fully saturated rings. The maximum Gasteiger partial charge on any atom is 0.332 e. The Morgan fingerprint density at radius 1 is 1.45 bits per heavy atom. The van der Waals surface area contributed by atoms with E-state index in [0.717, 1.165) is 0 Å². The molecule has 20 heavy (non-hydrogen) atoms. The van der Waals surface area contributed by atoms with Gasteiger partial charge in [-0.1, -0.05) is 0 Å². The first-order chi connectivity index (χ1) is 9.31. The third-order valence-corrected chi connectivity index (χ3v) is 2.48. The number of hydrogen-bond acceptors (Lipinski definition) is 6. The second-order valence-corrected chi connectivity index (χ2v) is 4.77. The fourth-order valence-electron chi connectivity index (χ4n) is 1.56. The van der Waals surface area contributed by atoms with Gasteiger partial charge in [-0.05, 0) is 32.4 Å². The molecule has 0 aromatic carbocycles. The van der Waals surface area contributed by atoms with Gasteiger partial charge in [0, 0.05) is 19.0 Å². The van der Waals surface area contributed by atoms with Crippen molar-refractivity contribution in [2.75, 3.05) is 11.9 Å². The number of aromatic nitrogens is 2. The van der Waals surface area contributed by atoms with Crippen molar-refractivity contribution < 1.29 is 9.72 Å². The minimum atomic E-state index is -0.581. The van der Waals surface area contributed by atoms with Crippen molar-refractivity contribution in [1.29, 1.82) is 0 Å². The lowest BCUT2D eigenvalue weighted by Crippen LogP contribution is -2.31. The highest BCUT2D eigenvalue weighted by Crippen LogP contribution is 2.26. The number of aryl methyl sites for hydroxylation is 1. The molecule has 0 aliphatic rings. The molecule has 0 unspecified atom stereocenters. The van der Waals surface area contributed by atoms with Crippen molar-refractivity contribution in [3.05, 3.63) is 21.1 Å². The van der Waals surface area contributed by atoms with E-state index in [1.54, 1.807) is 0 Å². The summed E-state index contributed by atoms with van der Waals surface area (Å²) in [5, 5.41) is 16.3. The van der Waals surface area contributed by atoms with Crippen molar-refractivity contribution in [2.24, 2.45) is 0 Å². The van der Waals surface area contributed by atoms with Crippen LogP contribution < -0.4 is 10.6 Å². The minimum Gasteiger partial charge on any atom is -0.364 e. The lowest BCUT2D eigenvalue weighted by molar-refractivity contribution is -0.385. The van der Waals surface area contributed by atoms with Crippen molar-refractivity contribution in [3.63, 3.8) is 0 Å². The molecule has 0 radical (unpaired) electrons. The van der Waals surface area contributed by atoms with Crippen molar-refractivity contribution >= 4 is 29.0 Å². The number of halogens is 1. The molecular weight excluding hydrogens is 286 g/mol. The summed E-state index contributed by atoms with van der Waals surface area (Å²) in [4.78, 5) is 29.3. The summed E-state index contributed by atoms with van der Waals surface area (Å²) in [6.45, 7) is 5.39. The summed E-state index contributed by atoms with van der Waals surface area (Å²) in [6, 6.07) is 0.0487. The molecule has 1 aromatic rings. The fourth-order valence-corrected chi connectivity index (χ4v) is 1.77. The zero-order chi connectivity index (χ0) is 15.3. The molecule has 1 aromatic heterocycles. The van der Waals surface area contributed by atoms with Gasteiger partial charge >= 0.3 is 5.69 Å². The first-order valence-electron chi connectivity index (χ1n) is 6.03. The lowest BCUT2D eigenvalue weighted by Gasteiger charge is -2.10. The summed E-state index contributed by atoms with van der Waals surface area (Å²) in [5.74, 6) is -0.128. The van der Waals surface area contributed by atoms with Gasteiger partial charge in [-0.25, -0.2) is 4.98 Å². The summed E-state index contributed by atoms with van der Waals surface area (Å²) in [6.07, 6.45) is 0.177. The highest BCUT2D eigenvalue weighted by atomic mass is 35.5. The van der Waals surface area contributed by atoms with Crippen LogP contribution in [-0.2, 0) is 4.79 Å². The smallest absolute Gasteiger partial charge is 0.332 e. The number of nitro groups is 1. The van der Waals surface area contributed by atoms with E-state index in [-0.39, 0.29) is 47.4 Å². The van der Waals surface area contributed by atoms with Crippen molar-refractivity contribution in [1.82, 2.24) is 15.3 Å². The van der Waals surface area contributed by atoms with Gasteiger partial charge in [-0.3, -0.25) is 14.9 Å². The maximum absolute atomic E-state index is 11.5. The Morgan fingerprint density at radius 2 is 2.10 bits per heavy atom. The first-order valence-corrected chi connectivity index (χ1v) is 6.40. The van der Waals surface area contributed by atoms with E-state index in [9.17, 15) is 14.9 Å². The van der Waals surface area contributed by atoms with E-state index in [0.29, 0.717) is 0 Å². The lowest BCUT2D eigenvalue weighted by atomic mass is 10.3. The second kappa shape index (κ2) is 6.99. The number of anilines is 1. The molecule has 1 heterocycles. The van der Waals surface area contributed by atoms with Gasteiger partial charge in [0.05, 0.1) is 4.92 Å². The van der Waals surface area contributed by atoms with Crippen LogP contribution in [0.4, 0.5) is 11.5 Å². The molecule has 0 saturated heterocycles. The highest BCUT2D eigenvalue weighted by molar-refractivity contribution is 6.28. The van der Waals surface area contributed by atoms with Gasteiger partial charge in [0.2, 0.25) is 17.0 Å². The van der Waals surface area contributed by atoms with E-state index in [1.165, 1.54) is 6.92 Å². The van der Waals surface area contributed by atoms with Crippen LogP contribution in [0, 0.1) is 17.0 Å². The molecule has 0 aliphatic carbocycles. The Hall–Kier alpha value is -1.96. The molecule has 110 valence electrons. The zero-order valence-electron chi connectivity index (χ0n) is 11.4. The van der Waals surface area contributed by atoms with Gasteiger partial charge in [-0.15, -0.1) is 0 Å². The molecule has 0 bridgehead atoms.